The van der Waals surface area contributed by atoms with Gasteiger partial charge in [-0.2, -0.15) is 0 Å². The predicted molar refractivity (Wildman–Crippen MR) is 259 cm³/mol. The van der Waals surface area contributed by atoms with Crippen molar-refractivity contribution >= 4 is 66.5 Å². The molecule has 1 aliphatic heterocycles. The van der Waals surface area contributed by atoms with Crippen molar-refractivity contribution in [1.29, 1.82) is 0 Å². The number of allylic oxidation sites excluding steroid dienone is 1. The van der Waals surface area contributed by atoms with Gasteiger partial charge in [-0.15, -0.1) is 0 Å². The van der Waals surface area contributed by atoms with Gasteiger partial charge in [-0.3, -0.25) is 0 Å². The Kier molecular flexibility index (Phi) is 7.97. The monoisotopic (exact) mass is 806 g/mol. The van der Waals surface area contributed by atoms with Gasteiger partial charge in [0.15, 0.2) is 17.3 Å². The summed E-state index contributed by atoms with van der Waals surface area (Å²) in [6.45, 7) is 0. The van der Waals surface area contributed by atoms with Crippen LogP contribution < -0.4 is 9.64 Å². The van der Waals surface area contributed by atoms with E-state index in [4.69, 9.17) is 14.7 Å². The first-order chi connectivity index (χ1) is 31.2. The van der Waals surface area contributed by atoms with E-state index in [2.05, 4.69) is 210 Å². The van der Waals surface area contributed by atoms with Crippen molar-refractivity contribution in [2.24, 2.45) is 0 Å². The number of ether oxygens (including phenoxy) is 1. The Balaban J connectivity index is 0.947. The number of rotatable bonds is 5. The third kappa shape index (κ3) is 5.70. The minimum Gasteiger partial charge on any atom is -0.453 e. The van der Waals surface area contributed by atoms with E-state index < -0.39 is 0 Å². The summed E-state index contributed by atoms with van der Waals surface area (Å²) in [5, 5.41) is 7.19. The number of hydrogen-bond acceptors (Lipinski definition) is 4. The number of nitrogens with zero attached hydrogens (tertiary/aromatic N) is 4. The maximum atomic E-state index is 6.52. The minimum atomic E-state index is 0.153. The van der Waals surface area contributed by atoms with Crippen LogP contribution in [0.1, 0.15) is 22.7 Å². The minimum absolute atomic E-state index is 0.153. The van der Waals surface area contributed by atoms with E-state index in [1.807, 2.05) is 12.1 Å². The van der Waals surface area contributed by atoms with Gasteiger partial charge in [0.2, 0.25) is 0 Å². The van der Waals surface area contributed by atoms with Gasteiger partial charge < -0.3 is 14.2 Å². The van der Waals surface area contributed by atoms with Crippen LogP contribution in [0.15, 0.2) is 206 Å². The Labute approximate surface area is 364 Å². The highest BCUT2D eigenvalue weighted by molar-refractivity contribution is 6.11. The second-order valence-corrected chi connectivity index (χ2v) is 16.5. The standard InChI is InChI=1S/C58H38N4O/c1-2-18-42(19-3-1)61-51-26-10-11-27-54(51)63-55-33-30-40(36-53(55)61)39-29-31-50-48(35-39)56-45-22-7-5-15-38(45)28-32-52(56)62(50)43-20-12-17-41(34-43)58-59-49-25-9-8-23-47(49)57(60-58)46-24-13-16-37-14-4-6-21-44(37)46/h1-34,36,39H,35H2. The molecule has 3 heterocycles. The zero-order valence-electron chi connectivity index (χ0n) is 34.2. The molecule has 0 N–H and O–H groups in total. The summed E-state index contributed by atoms with van der Waals surface area (Å²) < 4.78 is 8.96. The molecule has 1 unspecified atom stereocenters. The van der Waals surface area contributed by atoms with Gasteiger partial charge in [0.25, 0.3) is 0 Å². The van der Waals surface area contributed by atoms with Gasteiger partial charge in [0.1, 0.15) is 0 Å². The largest absolute Gasteiger partial charge is 0.453 e. The van der Waals surface area contributed by atoms with Crippen molar-refractivity contribution < 1.29 is 4.74 Å². The summed E-state index contributed by atoms with van der Waals surface area (Å²) in [6, 6.07) is 71.0. The van der Waals surface area contributed by atoms with Crippen LogP contribution in [0.4, 0.5) is 17.1 Å². The summed E-state index contributed by atoms with van der Waals surface area (Å²) in [4.78, 5) is 12.9. The highest BCUT2D eigenvalue weighted by Crippen LogP contribution is 2.52. The van der Waals surface area contributed by atoms with E-state index in [0.717, 1.165) is 68.4 Å². The molecule has 296 valence electrons. The van der Waals surface area contributed by atoms with Crippen molar-refractivity contribution in [3.8, 4) is 39.8 Å². The third-order valence-electron chi connectivity index (χ3n) is 12.9. The van der Waals surface area contributed by atoms with Gasteiger partial charge >= 0.3 is 0 Å². The molecular weight excluding hydrogens is 769 g/mol. The first-order valence-electron chi connectivity index (χ1n) is 21.6. The average molecular weight is 807 g/mol. The molecule has 9 aromatic carbocycles. The van der Waals surface area contributed by atoms with Gasteiger partial charge in [0, 0.05) is 44.9 Å². The van der Waals surface area contributed by atoms with Crippen molar-refractivity contribution in [1.82, 2.24) is 14.5 Å². The molecule has 0 fully saturated rings. The molecule has 13 rings (SSSR count). The predicted octanol–water partition coefficient (Wildman–Crippen LogP) is 15.1. The molecule has 0 amide bonds. The Morgan fingerprint density at radius 2 is 1.24 bits per heavy atom. The molecular formula is C58H38N4O. The lowest BCUT2D eigenvalue weighted by Crippen LogP contribution is -2.16. The number of fused-ring (bicyclic) bond motifs is 9. The molecule has 1 aliphatic carbocycles. The van der Waals surface area contributed by atoms with Crippen molar-refractivity contribution in [3.63, 3.8) is 0 Å². The van der Waals surface area contributed by atoms with E-state index in [-0.39, 0.29) is 5.92 Å². The van der Waals surface area contributed by atoms with E-state index in [1.165, 1.54) is 49.3 Å². The number of hydrogen-bond donors (Lipinski definition) is 0. The fourth-order valence-electron chi connectivity index (χ4n) is 10.0. The van der Waals surface area contributed by atoms with Gasteiger partial charge in [-0.25, -0.2) is 9.97 Å². The van der Waals surface area contributed by atoms with Crippen molar-refractivity contribution in [2.45, 2.75) is 12.3 Å². The van der Waals surface area contributed by atoms with Crippen LogP contribution in [0.3, 0.4) is 0 Å². The molecule has 1 atom stereocenters. The molecule has 5 nitrogen and oxygen atoms in total. The third-order valence-corrected chi connectivity index (χ3v) is 12.9. The summed E-state index contributed by atoms with van der Waals surface area (Å²) in [7, 11) is 0. The van der Waals surface area contributed by atoms with Crippen molar-refractivity contribution in [2.75, 3.05) is 4.90 Å². The fraction of sp³-hybridized carbons (Fsp3) is 0.0345. The quantitative estimate of drug-likeness (QED) is 0.174. The summed E-state index contributed by atoms with van der Waals surface area (Å²) in [5.74, 6) is 2.56. The average Bonchev–Trinajstić information content (AvgIpc) is 3.69. The Morgan fingerprint density at radius 3 is 2.14 bits per heavy atom. The summed E-state index contributed by atoms with van der Waals surface area (Å²) in [5.41, 5.74) is 13.2. The first kappa shape index (κ1) is 35.5. The SMILES string of the molecule is C1=CC(c2ccc3c(c2)N(c2ccccc2)c2ccccc2O3)Cc2c1n(-c1cccc(-c3nc(-c4cccc5ccccc45)c4ccccc4n3)c1)c1ccc3ccccc3c21. The lowest BCUT2D eigenvalue weighted by atomic mass is 9.85. The molecule has 0 spiro atoms. The maximum Gasteiger partial charge on any atom is 0.160 e. The molecule has 63 heavy (non-hydrogen) atoms. The van der Waals surface area contributed by atoms with Gasteiger partial charge in [-0.05, 0) is 106 Å². The van der Waals surface area contributed by atoms with E-state index >= 15 is 0 Å². The van der Waals surface area contributed by atoms with E-state index in [1.54, 1.807) is 0 Å². The maximum absolute atomic E-state index is 6.52. The Hall–Kier alpha value is -8.28. The second kappa shape index (κ2) is 14.2. The molecule has 0 bridgehead atoms. The zero-order chi connectivity index (χ0) is 41.4. The van der Waals surface area contributed by atoms with Crippen LogP contribution in [0.5, 0.6) is 11.5 Å². The normalized spacial score (nSPS) is 14.2. The van der Waals surface area contributed by atoms with Crippen molar-refractivity contribution in [3.05, 3.63) is 223 Å². The van der Waals surface area contributed by atoms with Crippen LogP contribution in [-0.2, 0) is 6.42 Å². The zero-order valence-corrected chi connectivity index (χ0v) is 34.2. The van der Waals surface area contributed by atoms with Crippen LogP contribution in [-0.4, -0.2) is 14.5 Å². The van der Waals surface area contributed by atoms with Crippen LogP contribution in [0.2, 0.25) is 0 Å². The van der Waals surface area contributed by atoms with Gasteiger partial charge in [-0.1, -0.05) is 146 Å². The summed E-state index contributed by atoms with van der Waals surface area (Å²) >= 11 is 0. The van der Waals surface area contributed by atoms with Gasteiger partial charge in [0.05, 0.1) is 28.1 Å². The smallest absolute Gasteiger partial charge is 0.160 e. The number of aromatic nitrogens is 3. The lowest BCUT2D eigenvalue weighted by molar-refractivity contribution is 0.476. The first-order valence-corrected chi connectivity index (χ1v) is 21.6. The molecule has 0 radical (unpaired) electrons. The van der Waals surface area contributed by atoms with Crippen LogP contribution in [0.25, 0.3) is 77.8 Å². The Bertz CT molecular complexity index is 3660. The Morgan fingerprint density at radius 1 is 0.524 bits per heavy atom. The summed E-state index contributed by atoms with van der Waals surface area (Å²) in [6.07, 6.45) is 5.59. The number of anilines is 3. The van der Waals surface area contributed by atoms with E-state index in [9.17, 15) is 0 Å². The molecule has 2 aliphatic rings. The highest BCUT2D eigenvalue weighted by atomic mass is 16.5. The molecule has 11 aromatic rings. The van der Waals surface area contributed by atoms with Crippen LogP contribution in [0, 0.1) is 0 Å². The van der Waals surface area contributed by atoms with Crippen LogP contribution >= 0.6 is 0 Å². The number of para-hydroxylation sites is 4. The van der Waals surface area contributed by atoms with E-state index in [0.29, 0.717) is 5.82 Å². The number of benzene rings is 9. The fourth-order valence-corrected chi connectivity index (χ4v) is 10.0. The topological polar surface area (TPSA) is 43.2 Å². The second-order valence-electron chi connectivity index (χ2n) is 16.5. The molecule has 2 aromatic heterocycles. The highest BCUT2D eigenvalue weighted by Gasteiger charge is 2.29. The molecule has 0 saturated heterocycles. The molecule has 0 saturated carbocycles. The molecule has 5 heteroatoms. The lowest BCUT2D eigenvalue weighted by Gasteiger charge is -2.33.